The molecule has 0 N–H and O–H groups in total. The largest absolute Gasteiger partial charge is 0.261 e. The van der Waals surface area contributed by atoms with Gasteiger partial charge in [-0.3, -0.25) is 4.99 Å². The zero-order valence-electron chi connectivity index (χ0n) is 12.2. The van der Waals surface area contributed by atoms with Gasteiger partial charge in [-0.2, -0.15) is 0 Å². The molecule has 0 radical (unpaired) electrons. The molecule has 0 unspecified atom stereocenters. The third-order valence-electron chi connectivity index (χ3n) is 2.85. The molecule has 0 spiro atoms. The maximum atomic E-state index is 4.49. The van der Waals surface area contributed by atoms with Crippen LogP contribution >= 0.6 is 0 Å². The second-order valence-electron chi connectivity index (χ2n) is 4.97. The molecule has 0 fully saturated rings. The van der Waals surface area contributed by atoms with Crippen molar-refractivity contribution in [3.63, 3.8) is 0 Å². The molecule has 0 bridgehead atoms. The summed E-state index contributed by atoms with van der Waals surface area (Å²) in [6, 6.07) is 6.53. The predicted octanol–water partition coefficient (Wildman–Crippen LogP) is 5.15. The van der Waals surface area contributed by atoms with E-state index < -0.39 is 0 Å². The summed E-state index contributed by atoms with van der Waals surface area (Å²) in [5.74, 6) is 0. The molecule has 96 valence electrons. The van der Waals surface area contributed by atoms with Gasteiger partial charge in [-0.15, -0.1) is 0 Å². The van der Waals surface area contributed by atoms with Gasteiger partial charge in [0.15, 0.2) is 0 Å². The van der Waals surface area contributed by atoms with E-state index in [1.165, 1.54) is 27.8 Å². The highest BCUT2D eigenvalue weighted by Crippen LogP contribution is 2.20. The second-order valence-corrected chi connectivity index (χ2v) is 4.97. The summed E-state index contributed by atoms with van der Waals surface area (Å²) in [4.78, 5) is 4.49. The van der Waals surface area contributed by atoms with Crippen molar-refractivity contribution in [1.29, 1.82) is 0 Å². The van der Waals surface area contributed by atoms with Gasteiger partial charge in [0.1, 0.15) is 0 Å². The van der Waals surface area contributed by atoms with Gasteiger partial charge in [-0.1, -0.05) is 31.2 Å². The van der Waals surface area contributed by atoms with Gasteiger partial charge in [-0.25, -0.2) is 0 Å². The fourth-order valence-corrected chi connectivity index (χ4v) is 1.70. The van der Waals surface area contributed by atoms with Gasteiger partial charge >= 0.3 is 0 Å². The lowest BCUT2D eigenvalue weighted by Crippen LogP contribution is -1.97. The number of benzene rings is 1. The number of hydrogen-bond acceptors (Lipinski definition) is 1. The van der Waals surface area contributed by atoms with Gasteiger partial charge in [-0.05, 0) is 62.4 Å². The molecule has 1 aromatic rings. The number of allylic oxidation sites excluding steroid dienone is 2. The molecule has 1 aromatic carbocycles. The highest BCUT2D eigenvalue weighted by molar-refractivity contribution is 5.99. The quantitative estimate of drug-likeness (QED) is 0.646. The van der Waals surface area contributed by atoms with E-state index in [2.05, 4.69) is 57.5 Å². The normalized spacial score (nSPS) is 11.3. The van der Waals surface area contributed by atoms with Crippen LogP contribution in [0.25, 0.3) is 5.57 Å². The van der Waals surface area contributed by atoms with Gasteiger partial charge < -0.3 is 0 Å². The molecule has 0 saturated heterocycles. The number of rotatable bonds is 4. The minimum Gasteiger partial charge on any atom is -0.261 e. The van der Waals surface area contributed by atoms with Crippen molar-refractivity contribution in [2.24, 2.45) is 4.99 Å². The first kappa shape index (κ1) is 14.4. The van der Waals surface area contributed by atoms with Crippen LogP contribution in [0.5, 0.6) is 0 Å². The van der Waals surface area contributed by atoms with Crippen LogP contribution in [0.2, 0.25) is 0 Å². The highest BCUT2D eigenvalue weighted by Gasteiger charge is 2.03. The van der Waals surface area contributed by atoms with Crippen molar-refractivity contribution in [3.05, 3.63) is 53.2 Å². The zero-order valence-corrected chi connectivity index (χ0v) is 12.2. The van der Waals surface area contributed by atoms with Gasteiger partial charge in [0, 0.05) is 11.9 Å². The monoisotopic (exact) mass is 241 g/mol. The average molecular weight is 241 g/mol. The Bertz CT molecular complexity index is 500. The Kier molecular flexibility index (Phi) is 5.08. The Morgan fingerprint density at radius 2 is 1.78 bits per heavy atom. The van der Waals surface area contributed by atoms with Crippen molar-refractivity contribution < 1.29 is 0 Å². The van der Waals surface area contributed by atoms with Crippen LogP contribution in [0.1, 0.15) is 50.8 Å². The minimum absolute atomic E-state index is 0.979. The van der Waals surface area contributed by atoms with Crippen LogP contribution in [0.3, 0.4) is 0 Å². The average Bonchev–Trinajstić information content (AvgIpc) is 2.34. The molecule has 1 heteroatoms. The summed E-state index contributed by atoms with van der Waals surface area (Å²) in [5.41, 5.74) is 7.08. The molecule has 0 aliphatic rings. The fraction of sp³-hybridized carbons (Fsp3) is 0.353. The van der Waals surface area contributed by atoms with E-state index >= 15 is 0 Å². The van der Waals surface area contributed by atoms with E-state index in [4.69, 9.17) is 0 Å². The van der Waals surface area contributed by atoms with Crippen LogP contribution in [-0.2, 0) is 0 Å². The smallest absolute Gasteiger partial charge is 0.0445 e. The van der Waals surface area contributed by atoms with Crippen LogP contribution < -0.4 is 0 Å². The van der Waals surface area contributed by atoms with Crippen molar-refractivity contribution in [1.82, 2.24) is 0 Å². The molecule has 0 aliphatic carbocycles. The summed E-state index contributed by atoms with van der Waals surface area (Å²) < 4.78 is 0. The number of hydrogen-bond donors (Lipinski definition) is 0. The first-order valence-electron chi connectivity index (χ1n) is 6.42. The molecule has 0 aromatic heterocycles. The first-order valence-corrected chi connectivity index (χ1v) is 6.42. The summed E-state index contributed by atoms with van der Waals surface area (Å²) in [7, 11) is 0. The fourth-order valence-electron chi connectivity index (χ4n) is 1.70. The van der Waals surface area contributed by atoms with Gasteiger partial charge in [0.25, 0.3) is 0 Å². The summed E-state index contributed by atoms with van der Waals surface area (Å²) >= 11 is 0. The SMILES string of the molecule is C=C(CC)c1cc(C)cc(/C(C)=N/C=C(C)C)c1. The lowest BCUT2D eigenvalue weighted by molar-refractivity contribution is 1.24. The second kappa shape index (κ2) is 6.34. The van der Waals surface area contributed by atoms with Crippen LogP contribution in [0.15, 0.2) is 41.5 Å². The Labute approximate surface area is 111 Å². The minimum atomic E-state index is 0.979. The maximum Gasteiger partial charge on any atom is 0.0445 e. The van der Waals surface area contributed by atoms with E-state index in [1.54, 1.807) is 0 Å². The zero-order chi connectivity index (χ0) is 13.7. The predicted molar refractivity (Wildman–Crippen MR) is 82.1 cm³/mol. The summed E-state index contributed by atoms with van der Waals surface area (Å²) in [6.07, 6.45) is 2.89. The molecule has 18 heavy (non-hydrogen) atoms. The van der Waals surface area contributed by atoms with Crippen molar-refractivity contribution in [2.75, 3.05) is 0 Å². The standard InChI is InChI=1S/C17H23N/c1-7-14(5)16-8-13(4)9-17(10-16)15(6)18-11-12(2)3/h8-11H,5,7H2,1-4,6H3/b18-15+. The Morgan fingerprint density at radius 3 is 2.33 bits per heavy atom. The van der Waals surface area contributed by atoms with Crippen molar-refractivity contribution >= 4 is 11.3 Å². The van der Waals surface area contributed by atoms with Crippen molar-refractivity contribution in [3.8, 4) is 0 Å². The molecule has 0 amide bonds. The molecule has 0 saturated carbocycles. The molecule has 0 aliphatic heterocycles. The Hall–Kier alpha value is -1.63. The Morgan fingerprint density at radius 1 is 1.17 bits per heavy atom. The van der Waals surface area contributed by atoms with E-state index in [0.29, 0.717) is 0 Å². The molecule has 1 nitrogen and oxygen atoms in total. The Balaban J connectivity index is 3.18. The lowest BCUT2D eigenvalue weighted by atomic mass is 9.98. The van der Waals surface area contributed by atoms with Crippen LogP contribution in [-0.4, -0.2) is 5.71 Å². The third-order valence-corrected chi connectivity index (χ3v) is 2.85. The van der Waals surface area contributed by atoms with Crippen molar-refractivity contribution in [2.45, 2.75) is 41.0 Å². The number of aliphatic imine (C=N–C) groups is 1. The number of nitrogens with zero attached hydrogens (tertiary/aromatic N) is 1. The molecule has 0 atom stereocenters. The van der Waals surface area contributed by atoms with Gasteiger partial charge in [0.05, 0.1) is 0 Å². The maximum absolute atomic E-state index is 4.49. The van der Waals surface area contributed by atoms with E-state index in [1.807, 2.05) is 13.1 Å². The highest BCUT2D eigenvalue weighted by atomic mass is 14.7. The van der Waals surface area contributed by atoms with Crippen LogP contribution in [0, 0.1) is 6.92 Å². The first-order chi connectivity index (χ1) is 8.43. The van der Waals surface area contributed by atoms with Gasteiger partial charge in [0.2, 0.25) is 0 Å². The van der Waals surface area contributed by atoms with E-state index in [0.717, 1.165) is 12.1 Å². The molecule has 1 rings (SSSR count). The third kappa shape index (κ3) is 3.99. The van der Waals surface area contributed by atoms with Crippen LogP contribution in [0.4, 0.5) is 0 Å². The number of aryl methyl sites for hydroxylation is 1. The lowest BCUT2D eigenvalue weighted by Gasteiger charge is -2.08. The topological polar surface area (TPSA) is 12.4 Å². The molecular weight excluding hydrogens is 218 g/mol. The van der Waals surface area contributed by atoms with E-state index in [9.17, 15) is 0 Å². The summed E-state index contributed by atoms with van der Waals surface area (Å²) in [5, 5.41) is 0. The molecule has 0 heterocycles. The molecular formula is C17H23N. The van der Waals surface area contributed by atoms with E-state index in [-0.39, 0.29) is 0 Å². The summed E-state index contributed by atoms with van der Waals surface area (Å²) in [6.45, 7) is 14.5.